The van der Waals surface area contributed by atoms with Gasteiger partial charge in [0.05, 0.1) is 18.6 Å². The number of carbonyl (C=O) groups excluding carboxylic acids is 2. The standard InChI is InChI=1S/C18H24N2O3/c1-17(15(19)21)13-20(11-12-23-17)16(22)18(9-5-6-10-18)14-7-3-2-4-8-14/h2-4,7-8H,5-6,9-13H2,1H3,(H2,19,21)/t17-/m1/s1. The van der Waals surface area contributed by atoms with Gasteiger partial charge >= 0.3 is 0 Å². The second kappa shape index (κ2) is 5.96. The van der Waals surface area contributed by atoms with Gasteiger partial charge < -0.3 is 15.4 Å². The van der Waals surface area contributed by atoms with Crippen LogP contribution in [0.15, 0.2) is 30.3 Å². The molecular formula is C18H24N2O3. The van der Waals surface area contributed by atoms with Crippen molar-refractivity contribution >= 4 is 11.8 Å². The Morgan fingerprint density at radius 2 is 1.83 bits per heavy atom. The molecule has 124 valence electrons. The summed E-state index contributed by atoms with van der Waals surface area (Å²) in [5.41, 5.74) is 4.98. The van der Waals surface area contributed by atoms with E-state index in [-0.39, 0.29) is 12.5 Å². The summed E-state index contributed by atoms with van der Waals surface area (Å²) in [4.78, 5) is 26.8. The largest absolute Gasteiger partial charge is 0.367 e. The van der Waals surface area contributed by atoms with Gasteiger partial charge in [0.2, 0.25) is 5.91 Å². The highest BCUT2D eigenvalue weighted by Crippen LogP contribution is 2.43. The Morgan fingerprint density at radius 3 is 2.43 bits per heavy atom. The van der Waals surface area contributed by atoms with E-state index in [1.54, 1.807) is 11.8 Å². The molecule has 2 amide bonds. The number of hydrogen-bond acceptors (Lipinski definition) is 3. The van der Waals surface area contributed by atoms with E-state index >= 15 is 0 Å². The molecule has 3 rings (SSSR count). The first-order chi connectivity index (χ1) is 11.0. The van der Waals surface area contributed by atoms with Crippen molar-refractivity contribution in [1.29, 1.82) is 0 Å². The predicted molar refractivity (Wildman–Crippen MR) is 86.7 cm³/mol. The van der Waals surface area contributed by atoms with E-state index in [9.17, 15) is 9.59 Å². The summed E-state index contributed by atoms with van der Waals surface area (Å²) in [5, 5.41) is 0. The number of amides is 2. The van der Waals surface area contributed by atoms with Crippen molar-refractivity contribution in [2.45, 2.75) is 43.6 Å². The summed E-state index contributed by atoms with van der Waals surface area (Å²) in [5.74, 6) is -0.410. The molecular weight excluding hydrogens is 292 g/mol. The first kappa shape index (κ1) is 16.0. The molecule has 0 radical (unpaired) electrons. The molecule has 2 fully saturated rings. The van der Waals surface area contributed by atoms with Crippen LogP contribution in [0.25, 0.3) is 0 Å². The van der Waals surface area contributed by atoms with Gasteiger partial charge in [0, 0.05) is 6.54 Å². The van der Waals surface area contributed by atoms with Crippen LogP contribution in [0.2, 0.25) is 0 Å². The SMILES string of the molecule is C[C@]1(C(N)=O)CN(C(=O)C2(c3ccccc3)CCCC2)CCO1. The van der Waals surface area contributed by atoms with Crippen LogP contribution in [-0.4, -0.2) is 42.0 Å². The van der Waals surface area contributed by atoms with Crippen molar-refractivity contribution in [3.05, 3.63) is 35.9 Å². The van der Waals surface area contributed by atoms with Gasteiger partial charge in [0.15, 0.2) is 5.60 Å². The van der Waals surface area contributed by atoms with E-state index in [0.717, 1.165) is 31.2 Å². The third-order valence-corrected chi connectivity index (χ3v) is 5.28. The molecule has 1 atom stereocenters. The molecule has 2 N–H and O–H groups in total. The fourth-order valence-corrected chi connectivity index (χ4v) is 3.86. The Labute approximate surface area is 136 Å². The molecule has 0 spiro atoms. The highest BCUT2D eigenvalue weighted by atomic mass is 16.5. The topological polar surface area (TPSA) is 72.6 Å². The molecule has 1 saturated carbocycles. The summed E-state index contributed by atoms with van der Waals surface area (Å²) in [6.07, 6.45) is 3.83. The minimum atomic E-state index is -1.09. The maximum atomic E-state index is 13.4. The number of ether oxygens (including phenoxy) is 1. The summed E-state index contributed by atoms with van der Waals surface area (Å²) in [6.45, 7) is 2.75. The average molecular weight is 316 g/mol. The molecule has 1 heterocycles. The van der Waals surface area contributed by atoms with Crippen LogP contribution in [0.5, 0.6) is 0 Å². The average Bonchev–Trinajstić information content (AvgIpc) is 3.06. The number of primary amides is 1. The van der Waals surface area contributed by atoms with Gasteiger partial charge in [-0.2, -0.15) is 0 Å². The summed E-state index contributed by atoms with van der Waals surface area (Å²) in [7, 11) is 0. The number of nitrogens with two attached hydrogens (primary N) is 1. The zero-order chi connectivity index (χ0) is 16.5. The molecule has 0 unspecified atom stereocenters. The molecule has 1 aromatic rings. The van der Waals surface area contributed by atoms with E-state index < -0.39 is 16.9 Å². The van der Waals surface area contributed by atoms with Crippen LogP contribution in [0.3, 0.4) is 0 Å². The molecule has 1 aromatic carbocycles. The van der Waals surface area contributed by atoms with Gasteiger partial charge in [-0.1, -0.05) is 43.2 Å². The maximum absolute atomic E-state index is 13.4. The normalized spacial score (nSPS) is 26.9. The summed E-state index contributed by atoms with van der Waals surface area (Å²) in [6, 6.07) is 10.0. The Bertz CT molecular complexity index is 596. The molecule has 0 bridgehead atoms. The van der Waals surface area contributed by atoms with E-state index in [1.165, 1.54) is 0 Å². The lowest BCUT2D eigenvalue weighted by molar-refractivity contribution is -0.163. The molecule has 5 heteroatoms. The summed E-state index contributed by atoms with van der Waals surface area (Å²) < 4.78 is 5.54. The lowest BCUT2D eigenvalue weighted by atomic mass is 9.77. The lowest BCUT2D eigenvalue weighted by Crippen LogP contribution is -2.60. The molecule has 1 saturated heterocycles. The Hall–Kier alpha value is -1.88. The van der Waals surface area contributed by atoms with Crippen LogP contribution in [0, 0.1) is 0 Å². The minimum Gasteiger partial charge on any atom is -0.367 e. The molecule has 23 heavy (non-hydrogen) atoms. The van der Waals surface area contributed by atoms with Gasteiger partial charge in [0.1, 0.15) is 0 Å². The van der Waals surface area contributed by atoms with Crippen LogP contribution >= 0.6 is 0 Å². The molecule has 0 aromatic heterocycles. The van der Waals surface area contributed by atoms with Crippen molar-refractivity contribution in [3.8, 4) is 0 Å². The van der Waals surface area contributed by atoms with Gasteiger partial charge in [-0.15, -0.1) is 0 Å². The van der Waals surface area contributed by atoms with Crippen molar-refractivity contribution in [3.63, 3.8) is 0 Å². The molecule has 1 aliphatic heterocycles. The quantitative estimate of drug-likeness (QED) is 0.920. The van der Waals surface area contributed by atoms with Gasteiger partial charge in [-0.05, 0) is 25.3 Å². The number of rotatable bonds is 3. The van der Waals surface area contributed by atoms with E-state index in [2.05, 4.69) is 0 Å². The first-order valence-electron chi connectivity index (χ1n) is 8.27. The predicted octanol–water partition coefficient (Wildman–Crippen LogP) is 1.60. The van der Waals surface area contributed by atoms with E-state index in [0.29, 0.717) is 13.2 Å². The summed E-state index contributed by atoms with van der Waals surface area (Å²) >= 11 is 0. The lowest BCUT2D eigenvalue weighted by Gasteiger charge is -2.42. The highest BCUT2D eigenvalue weighted by Gasteiger charge is 2.48. The highest BCUT2D eigenvalue weighted by molar-refractivity contribution is 5.90. The zero-order valence-corrected chi connectivity index (χ0v) is 13.6. The second-order valence-corrected chi connectivity index (χ2v) is 6.83. The van der Waals surface area contributed by atoms with Crippen LogP contribution in [-0.2, 0) is 19.7 Å². The fourth-order valence-electron chi connectivity index (χ4n) is 3.86. The van der Waals surface area contributed by atoms with Gasteiger partial charge in [0.25, 0.3) is 5.91 Å². The van der Waals surface area contributed by atoms with Gasteiger partial charge in [-0.3, -0.25) is 9.59 Å². The minimum absolute atomic E-state index is 0.108. The van der Waals surface area contributed by atoms with E-state index in [4.69, 9.17) is 10.5 Å². The Balaban J connectivity index is 1.89. The third kappa shape index (κ3) is 2.74. The van der Waals surface area contributed by atoms with Crippen molar-refractivity contribution in [1.82, 2.24) is 4.90 Å². The number of hydrogen-bond donors (Lipinski definition) is 1. The number of morpholine rings is 1. The monoisotopic (exact) mass is 316 g/mol. The van der Waals surface area contributed by atoms with Crippen molar-refractivity contribution in [2.24, 2.45) is 5.73 Å². The second-order valence-electron chi connectivity index (χ2n) is 6.83. The molecule has 2 aliphatic rings. The Morgan fingerprint density at radius 1 is 1.17 bits per heavy atom. The zero-order valence-electron chi connectivity index (χ0n) is 13.6. The van der Waals surface area contributed by atoms with Crippen LogP contribution in [0.1, 0.15) is 38.2 Å². The fraction of sp³-hybridized carbons (Fsp3) is 0.556. The smallest absolute Gasteiger partial charge is 0.251 e. The van der Waals surface area contributed by atoms with Crippen LogP contribution < -0.4 is 5.73 Å². The maximum Gasteiger partial charge on any atom is 0.251 e. The number of benzene rings is 1. The van der Waals surface area contributed by atoms with Crippen molar-refractivity contribution < 1.29 is 14.3 Å². The van der Waals surface area contributed by atoms with E-state index in [1.807, 2.05) is 30.3 Å². The first-order valence-corrected chi connectivity index (χ1v) is 8.27. The van der Waals surface area contributed by atoms with Gasteiger partial charge in [-0.25, -0.2) is 0 Å². The van der Waals surface area contributed by atoms with Crippen molar-refractivity contribution in [2.75, 3.05) is 19.7 Å². The van der Waals surface area contributed by atoms with Crippen LogP contribution in [0.4, 0.5) is 0 Å². The Kier molecular flexibility index (Phi) is 4.15. The number of carbonyl (C=O) groups is 2. The molecule has 5 nitrogen and oxygen atoms in total. The third-order valence-electron chi connectivity index (χ3n) is 5.28. The molecule has 1 aliphatic carbocycles. The number of nitrogens with zero attached hydrogens (tertiary/aromatic N) is 1.